The van der Waals surface area contributed by atoms with Crippen molar-refractivity contribution < 1.29 is 26.2 Å². The van der Waals surface area contributed by atoms with Gasteiger partial charge in [-0.1, -0.05) is 25.7 Å². The van der Waals surface area contributed by atoms with Crippen LogP contribution in [0.1, 0.15) is 24.8 Å². The summed E-state index contributed by atoms with van der Waals surface area (Å²) in [4.78, 5) is 0. The molecule has 104 valence electrons. The molecule has 0 aliphatic heterocycles. The molecule has 1 rings (SSSR count). The molecule has 0 aromatic heterocycles. The first kappa shape index (κ1) is 19.1. The minimum Gasteiger partial charge on any atom is -0.665 e. The summed E-state index contributed by atoms with van der Waals surface area (Å²) in [5.41, 5.74) is 1.43. The monoisotopic (exact) mass is 337 g/mol. The van der Waals surface area contributed by atoms with E-state index in [2.05, 4.69) is 40.2 Å². The van der Waals surface area contributed by atoms with Crippen LogP contribution in [-0.4, -0.2) is 39.8 Å². The molecular weight excluding hydrogens is 313 g/mol. The topological polar surface area (TPSA) is 42.3 Å². The van der Waals surface area contributed by atoms with E-state index in [1.165, 1.54) is 12.0 Å². The standard InChI is InChI=1S/C15H25N3.Zr/c1-16-10-5-12-18-14-6-13-17-11-4-9-15-7-2-3-8-15;/h2-3,7-8H,4-6,9-14H2,1H3;/q-4;+4. The molecule has 0 heterocycles. The Balaban J connectivity index is 0.00000324. The van der Waals surface area contributed by atoms with Crippen molar-refractivity contribution in [2.75, 3.05) is 39.8 Å². The van der Waals surface area contributed by atoms with Crippen LogP contribution in [0.2, 0.25) is 0 Å². The average molecular weight is 339 g/mol. The Morgan fingerprint density at radius 2 is 1.58 bits per heavy atom. The smallest absolute Gasteiger partial charge is 0.665 e. The predicted molar refractivity (Wildman–Crippen MR) is 79.9 cm³/mol. The van der Waals surface area contributed by atoms with E-state index in [-0.39, 0.29) is 26.2 Å². The molecule has 19 heavy (non-hydrogen) atoms. The van der Waals surface area contributed by atoms with E-state index < -0.39 is 0 Å². The Morgan fingerprint density at radius 3 is 2.16 bits per heavy atom. The average Bonchev–Trinajstić information content (AvgIpc) is 2.89. The van der Waals surface area contributed by atoms with Gasteiger partial charge in [0.05, 0.1) is 0 Å². The normalized spacial score (nSPS) is 10.4. The molecule has 0 saturated carbocycles. The van der Waals surface area contributed by atoms with E-state index >= 15 is 0 Å². The van der Waals surface area contributed by atoms with Gasteiger partial charge in [-0.15, -0.1) is 6.54 Å². The number of hydrogen-bond donors (Lipinski definition) is 0. The van der Waals surface area contributed by atoms with Gasteiger partial charge in [0.2, 0.25) is 0 Å². The van der Waals surface area contributed by atoms with Gasteiger partial charge in [-0.25, -0.2) is 12.1 Å². The van der Waals surface area contributed by atoms with Gasteiger partial charge < -0.3 is 16.0 Å². The van der Waals surface area contributed by atoms with Crippen LogP contribution in [0, 0.1) is 0 Å². The first-order chi connectivity index (χ1) is 8.93. The molecule has 0 spiro atoms. The largest absolute Gasteiger partial charge is 4.00 e. The van der Waals surface area contributed by atoms with E-state index in [9.17, 15) is 0 Å². The molecule has 0 atom stereocenters. The fourth-order valence-electron chi connectivity index (χ4n) is 1.83. The summed E-state index contributed by atoms with van der Waals surface area (Å²) in [5, 5.41) is 13.0. The Kier molecular flexibility index (Phi) is 14.6. The van der Waals surface area contributed by atoms with Crippen molar-refractivity contribution in [2.45, 2.75) is 25.7 Å². The number of rotatable bonds is 12. The second-order valence-electron chi connectivity index (χ2n) is 4.49. The quantitative estimate of drug-likeness (QED) is 0.410. The third-order valence-electron chi connectivity index (χ3n) is 2.84. The van der Waals surface area contributed by atoms with Crippen LogP contribution in [-0.2, 0) is 32.6 Å². The number of hydrogen-bond acceptors (Lipinski definition) is 0. The molecule has 0 aliphatic rings. The molecule has 1 aromatic carbocycles. The van der Waals surface area contributed by atoms with E-state index in [1.54, 1.807) is 0 Å². The number of nitrogens with zero attached hydrogens (tertiary/aromatic N) is 3. The van der Waals surface area contributed by atoms with Crippen LogP contribution in [0.25, 0.3) is 16.0 Å². The van der Waals surface area contributed by atoms with E-state index in [0.29, 0.717) is 0 Å². The zero-order chi connectivity index (χ0) is 12.9. The predicted octanol–water partition coefficient (Wildman–Crippen LogP) is 3.87. The maximum absolute atomic E-state index is 4.53. The van der Waals surface area contributed by atoms with Gasteiger partial charge in [0, 0.05) is 0 Å². The van der Waals surface area contributed by atoms with Gasteiger partial charge in [-0.2, -0.15) is 50.9 Å². The van der Waals surface area contributed by atoms with E-state index in [4.69, 9.17) is 0 Å². The summed E-state index contributed by atoms with van der Waals surface area (Å²) < 4.78 is 0. The van der Waals surface area contributed by atoms with Gasteiger partial charge in [0.15, 0.2) is 0 Å². The Hall–Kier alpha value is 0.113. The molecule has 0 N–H and O–H groups in total. The van der Waals surface area contributed by atoms with Gasteiger partial charge in [0.25, 0.3) is 0 Å². The molecule has 0 radical (unpaired) electrons. The Bertz CT molecular complexity index is 262. The van der Waals surface area contributed by atoms with Crippen molar-refractivity contribution >= 4 is 0 Å². The number of aryl methyl sites for hydroxylation is 1. The fraction of sp³-hybridized carbons (Fsp3) is 0.667. The summed E-state index contributed by atoms with van der Waals surface area (Å²) in [7, 11) is 1.86. The summed E-state index contributed by atoms with van der Waals surface area (Å²) in [5.74, 6) is 0. The minimum atomic E-state index is 0. The molecule has 1 aromatic rings. The molecule has 4 heteroatoms. The zero-order valence-corrected chi connectivity index (χ0v) is 14.5. The van der Waals surface area contributed by atoms with Crippen LogP contribution in [0.15, 0.2) is 24.3 Å². The molecule has 0 aliphatic carbocycles. The van der Waals surface area contributed by atoms with E-state index in [1.807, 2.05) is 7.05 Å². The maximum Gasteiger partial charge on any atom is 4.00 e. The molecule has 0 unspecified atom stereocenters. The first-order valence-electron chi connectivity index (χ1n) is 6.96. The van der Waals surface area contributed by atoms with Crippen molar-refractivity contribution in [3.8, 4) is 0 Å². The molecular formula is C15H25N3Zr. The van der Waals surface area contributed by atoms with Crippen molar-refractivity contribution in [3.05, 3.63) is 45.8 Å². The summed E-state index contributed by atoms with van der Waals surface area (Å²) in [6, 6.07) is 8.56. The van der Waals surface area contributed by atoms with Crippen molar-refractivity contribution in [1.82, 2.24) is 0 Å². The molecule has 0 saturated heterocycles. The minimum absolute atomic E-state index is 0. The third kappa shape index (κ3) is 11.6. The maximum atomic E-state index is 4.53. The van der Waals surface area contributed by atoms with Crippen LogP contribution < -0.4 is 0 Å². The second-order valence-corrected chi connectivity index (χ2v) is 4.49. The zero-order valence-electron chi connectivity index (χ0n) is 12.0. The van der Waals surface area contributed by atoms with Gasteiger partial charge in [-0.3, -0.25) is 0 Å². The van der Waals surface area contributed by atoms with Crippen molar-refractivity contribution in [2.24, 2.45) is 0 Å². The molecule has 0 fully saturated rings. The van der Waals surface area contributed by atoms with E-state index in [0.717, 1.165) is 52.0 Å². The Labute approximate surface area is 137 Å². The SMILES string of the molecule is C[N-]CCC[N-]CCC[N-]CCCc1ccc[cH-]1.[Zr+4]. The summed E-state index contributed by atoms with van der Waals surface area (Å²) in [6.45, 7) is 4.79. The van der Waals surface area contributed by atoms with Crippen LogP contribution in [0.4, 0.5) is 0 Å². The summed E-state index contributed by atoms with van der Waals surface area (Å²) in [6.07, 6.45) is 4.51. The second kappa shape index (κ2) is 14.5. The van der Waals surface area contributed by atoms with Gasteiger partial charge in [-0.05, 0) is 0 Å². The Morgan fingerprint density at radius 1 is 0.947 bits per heavy atom. The first-order valence-corrected chi connectivity index (χ1v) is 6.96. The molecule has 3 nitrogen and oxygen atoms in total. The van der Waals surface area contributed by atoms with Crippen molar-refractivity contribution in [1.29, 1.82) is 0 Å². The van der Waals surface area contributed by atoms with Crippen LogP contribution >= 0.6 is 0 Å². The molecule has 0 amide bonds. The fourth-order valence-corrected chi connectivity index (χ4v) is 1.83. The van der Waals surface area contributed by atoms with Crippen LogP contribution in [0.3, 0.4) is 0 Å². The van der Waals surface area contributed by atoms with Crippen LogP contribution in [0.5, 0.6) is 0 Å². The van der Waals surface area contributed by atoms with Gasteiger partial charge >= 0.3 is 26.2 Å². The summed E-state index contributed by atoms with van der Waals surface area (Å²) >= 11 is 0. The molecule has 0 bridgehead atoms. The van der Waals surface area contributed by atoms with Crippen molar-refractivity contribution in [3.63, 3.8) is 0 Å². The van der Waals surface area contributed by atoms with Gasteiger partial charge in [0.1, 0.15) is 0 Å². The third-order valence-corrected chi connectivity index (χ3v) is 2.84.